The van der Waals surface area contributed by atoms with Gasteiger partial charge in [-0.2, -0.15) is 0 Å². The molecule has 5 aliphatic carbocycles. The van der Waals surface area contributed by atoms with Crippen LogP contribution in [0.2, 0.25) is 0 Å². The van der Waals surface area contributed by atoms with Crippen molar-refractivity contribution in [1.82, 2.24) is 0 Å². The number of carboxylic acids is 1. The van der Waals surface area contributed by atoms with Crippen LogP contribution in [0.4, 0.5) is 0 Å². The predicted octanol–water partition coefficient (Wildman–Crippen LogP) is 6.71. The summed E-state index contributed by atoms with van der Waals surface area (Å²) in [7, 11) is 1.86. The van der Waals surface area contributed by atoms with E-state index < -0.39 is 17.5 Å². The first-order valence-corrected chi connectivity index (χ1v) is 14.4. The molecule has 5 rings (SSSR count). The standard InChI is InChI=1S/C31H50O4/c1-18-9-12-27(3)15-16-29(5)20(24(27)19(18)2)17-21(35-8)25-28(4)13-11-23(32)31(7,26(33)34)22(28)10-14-30(25,29)6/h17-19,21-25,32H,9-16H2,1-8H3,(H,33,34)/t18-,19+,21-,22+,23-,24+,25-,27-,28+,29-,30-,31-/m1/s1. The highest BCUT2D eigenvalue weighted by Crippen LogP contribution is 2.76. The molecule has 35 heavy (non-hydrogen) atoms. The number of carboxylic acid groups (broad SMARTS) is 1. The molecule has 12 atom stereocenters. The van der Waals surface area contributed by atoms with E-state index in [1.165, 1.54) is 25.7 Å². The van der Waals surface area contributed by atoms with Gasteiger partial charge in [-0.25, -0.2) is 0 Å². The minimum absolute atomic E-state index is 0.00375. The second-order valence-corrected chi connectivity index (χ2v) is 14.8. The molecule has 0 unspecified atom stereocenters. The molecule has 4 heteroatoms. The van der Waals surface area contributed by atoms with E-state index >= 15 is 0 Å². The summed E-state index contributed by atoms with van der Waals surface area (Å²) in [5.74, 6) is 1.38. The van der Waals surface area contributed by atoms with Gasteiger partial charge in [0.05, 0.1) is 17.6 Å². The number of allylic oxidation sites excluding steroid dienone is 1. The number of aliphatic hydroxyl groups is 1. The van der Waals surface area contributed by atoms with Gasteiger partial charge in [0.1, 0.15) is 0 Å². The molecule has 0 aromatic rings. The fourth-order valence-electron chi connectivity index (χ4n) is 11.1. The van der Waals surface area contributed by atoms with E-state index in [0.29, 0.717) is 23.7 Å². The maximum atomic E-state index is 12.6. The highest BCUT2D eigenvalue weighted by Gasteiger charge is 2.71. The lowest BCUT2D eigenvalue weighted by Crippen LogP contribution is -2.69. The van der Waals surface area contributed by atoms with Gasteiger partial charge in [0, 0.05) is 13.0 Å². The molecule has 0 aromatic heterocycles. The van der Waals surface area contributed by atoms with Gasteiger partial charge in [-0.15, -0.1) is 0 Å². The number of rotatable bonds is 2. The van der Waals surface area contributed by atoms with Crippen LogP contribution in [0.3, 0.4) is 0 Å². The van der Waals surface area contributed by atoms with Gasteiger partial charge in [0.25, 0.3) is 0 Å². The van der Waals surface area contributed by atoms with Gasteiger partial charge in [0.15, 0.2) is 0 Å². The second-order valence-electron chi connectivity index (χ2n) is 14.8. The van der Waals surface area contributed by atoms with Crippen molar-refractivity contribution in [1.29, 1.82) is 0 Å². The number of aliphatic carboxylic acids is 1. The average Bonchev–Trinajstić information content (AvgIpc) is 2.79. The van der Waals surface area contributed by atoms with Gasteiger partial charge in [-0.1, -0.05) is 53.2 Å². The molecule has 4 nitrogen and oxygen atoms in total. The second kappa shape index (κ2) is 7.82. The topological polar surface area (TPSA) is 66.8 Å². The molecule has 2 N–H and O–H groups in total. The Balaban J connectivity index is 1.67. The Morgan fingerprint density at radius 2 is 1.66 bits per heavy atom. The Hall–Kier alpha value is -0.870. The predicted molar refractivity (Wildman–Crippen MR) is 139 cm³/mol. The number of hydrogen-bond donors (Lipinski definition) is 2. The smallest absolute Gasteiger partial charge is 0.312 e. The van der Waals surface area contributed by atoms with Crippen LogP contribution in [0.15, 0.2) is 11.6 Å². The number of methoxy groups -OCH3 is 1. The zero-order chi connectivity index (χ0) is 25.8. The quantitative estimate of drug-likeness (QED) is 0.426. The summed E-state index contributed by atoms with van der Waals surface area (Å²) in [6, 6.07) is 0. The maximum absolute atomic E-state index is 12.6. The van der Waals surface area contributed by atoms with E-state index in [-0.39, 0.29) is 34.2 Å². The van der Waals surface area contributed by atoms with E-state index in [4.69, 9.17) is 4.74 Å². The molecule has 4 fully saturated rings. The van der Waals surface area contributed by atoms with Crippen LogP contribution in [0.5, 0.6) is 0 Å². The van der Waals surface area contributed by atoms with Gasteiger partial charge >= 0.3 is 5.97 Å². The van der Waals surface area contributed by atoms with E-state index in [1.54, 1.807) is 5.57 Å². The van der Waals surface area contributed by atoms with Crippen molar-refractivity contribution in [2.45, 2.75) is 112 Å². The molecular weight excluding hydrogens is 436 g/mol. The van der Waals surface area contributed by atoms with Crippen LogP contribution in [0.1, 0.15) is 99.8 Å². The van der Waals surface area contributed by atoms with E-state index in [0.717, 1.165) is 25.2 Å². The summed E-state index contributed by atoms with van der Waals surface area (Å²) in [5, 5.41) is 21.3. The van der Waals surface area contributed by atoms with Crippen LogP contribution < -0.4 is 0 Å². The number of carbonyl (C=O) groups is 1. The molecule has 0 spiro atoms. The number of ether oxygens (including phenoxy) is 1. The van der Waals surface area contributed by atoms with Crippen molar-refractivity contribution in [2.24, 2.45) is 56.7 Å². The Kier molecular flexibility index (Phi) is 5.76. The van der Waals surface area contributed by atoms with Crippen LogP contribution in [0, 0.1) is 56.7 Å². The molecule has 0 bridgehead atoms. The molecular formula is C31H50O4. The van der Waals surface area contributed by atoms with Crippen molar-refractivity contribution >= 4 is 5.97 Å². The minimum atomic E-state index is -1.10. The van der Waals surface area contributed by atoms with Crippen molar-refractivity contribution in [2.75, 3.05) is 7.11 Å². The van der Waals surface area contributed by atoms with Crippen molar-refractivity contribution < 1.29 is 19.7 Å². The van der Waals surface area contributed by atoms with Crippen LogP contribution in [0.25, 0.3) is 0 Å². The average molecular weight is 487 g/mol. The summed E-state index contributed by atoms with van der Waals surface area (Å²) in [4.78, 5) is 12.6. The Labute approximate surface area is 213 Å². The molecule has 0 radical (unpaired) electrons. The third kappa shape index (κ3) is 3.02. The van der Waals surface area contributed by atoms with Crippen molar-refractivity contribution in [3.05, 3.63) is 11.6 Å². The van der Waals surface area contributed by atoms with Gasteiger partial charge in [-0.05, 0) is 104 Å². The molecule has 0 amide bonds. The first-order chi connectivity index (χ1) is 16.2. The third-order valence-corrected chi connectivity index (χ3v) is 13.7. The molecule has 4 saturated carbocycles. The third-order valence-electron chi connectivity index (χ3n) is 13.7. The van der Waals surface area contributed by atoms with Crippen LogP contribution in [-0.2, 0) is 9.53 Å². The SMILES string of the molecule is CO[C@@H]1C=C2[C@@H]3[C@@H](C)[C@H](C)CC[C@]3(C)CC[C@@]2(C)[C@]2(C)CC[C@H]3[C@](C)(CC[C@@H](O)[C@]3(C)C(=O)O)[C@@H]12. The molecule has 198 valence electrons. The van der Waals surface area contributed by atoms with Gasteiger partial charge in [0.2, 0.25) is 0 Å². The first-order valence-electron chi connectivity index (χ1n) is 14.4. The lowest BCUT2D eigenvalue weighted by atomic mass is 9.33. The summed E-state index contributed by atoms with van der Waals surface area (Å²) < 4.78 is 6.38. The number of hydrogen-bond acceptors (Lipinski definition) is 3. The first kappa shape index (κ1) is 25.8. The molecule has 0 aromatic carbocycles. The fraction of sp³-hybridized carbons (Fsp3) is 0.903. The Morgan fingerprint density at radius 3 is 2.29 bits per heavy atom. The zero-order valence-electron chi connectivity index (χ0n) is 23.5. The number of aliphatic hydroxyl groups excluding tert-OH is 1. The normalized spacial score (nSPS) is 57.7. The summed E-state index contributed by atoms with van der Waals surface area (Å²) in [6.07, 6.45) is 10.2. The Morgan fingerprint density at radius 1 is 0.971 bits per heavy atom. The molecule has 0 heterocycles. The largest absolute Gasteiger partial charge is 0.481 e. The van der Waals surface area contributed by atoms with E-state index in [2.05, 4.69) is 47.6 Å². The van der Waals surface area contributed by atoms with E-state index in [1.807, 2.05) is 14.0 Å². The fourth-order valence-corrected chi connectivity index (χ4v) is 11.1. The highest BCUT2D eigenvalue weighted by atomic mass is 16.5. The van der Waals surface area contributed by atoms with Gasteiger partial charge in [-0.3, -0.25) is 4.79 Å². The lowest BCUT2D eigenvalue weighted by Gasteiger charge is -2.72. The summed E-state index contributed by atoms with van der Waals surface area (Å²) >= 11 is 0. The molecule has 5 aliphatic rings. The van der Waals surface area contributed by atoms with Crippen LogP contribution in [-0.4, -0.2) is 35.5 Å². The van der Waals surface area contributed by atoms with Crippen LogP contribution >= 0.6 is 0 Å². The lowest BCUT2D eigenvalue weighted by molar-refractivity contribution is -0.235. The highest BCUT2D eigenvalue weighted by molar-refractivity contribution is 5.76. The Bertz CT molecular complexity index is 927. The maximum Gasteiger partial charge on any atom is 0.312 e. The molecule has 0 aliphatic heterocycles. The minimum Gasteiger partial charge on any atom is -0.481 e. The monoisotopic (exact) mass is 486 g/mol. The summed E-state index contributed by atoms with van der Waals surface area (Å²) in [5.41, 5.74) is 0.900. The number of fused-ring (bicyclic) bond motifs is 7. The van der Waals surface area contributed by atoms with Crippen molar-refractivity contribution in [3.63, 3.8) is 0 Å². The van der Waals surface area contributed by atoms with Gasteiger partial charge < -0.3 is 14.9 Å². The molecule has 0 saturated heterocycles. The summed E-state index contributed by atoms with van der Waals surface area (Å²) in [6.45, 7) is 16.7. The van der Waals surface area contributed by atoms with Crippen molar-refractivity contribution in [3.8, 4) is 0 Å². The zero-order valence-corrected chi connectivity index (χ0v) is 23.5. The van der Waals surface area contributed by atoms with E-state index in [9.17, 15) is 15.0 Å².